The van der Waals surface area contributed by atoms with Crippen molar-refractivity contribution in [1.82, 2.24) is 0 Å². The molecule has 1 nitrogen and oxygen atoms in total. The molecule has 0 aromatic carbocycles. The lowest BCUT2D eigenvalue weighted by molar-refractivity contribution is 0.327. The number of hydrogen-bond donors (Lipinski definition) is 1. The fourth-order valence-corrected chi connectivity index (χ4v) is 0.812. The monoisotopic (exact) mass is 158 g/mol. The Kier molecular flexibility index (Phi) is 4.79. The molecule has 0 aliphatic heterocycles. The number of halogens is 1. The molecule has 0 aliphatic rings. The first-order valence-corrected chi connectivity index (χ1v) is 3.79. The Bertz CT molecular complexity index is 180. The van der Waals surface area contributed by atoms with Crippen molar-refractivity contribution in [3.05, 3.63) is 23.0 Å². The molecule has 0 atom stereocenters. The summed E-state index contributed by atoms with van der Waals surface area (Å²) in [5.41, 5.74) is 1.24. The zero-order valence-corrected chi connectivity index (χ0v) is 7.32. The van der Waals surface area contributed by atoms with Gasteiger partial charge in [0.25, 0.3) is 0 Å². The van der Waals surface area contributed by atoms with E-state index in [1.54, 1.807) is 19.9 Å². The van der Waals surface area contributed by atoms with Gasteiger partial charge in [0.1, 0.15) is 5.83 Å². The normalized spacial score (nSPS) is 14.8. The summed E-state index contributed by atoms with van der Waals surface area (Å²) >= 11 is 0. The van der Waals surface area contributed by atoms with Gasteiger partial charge < -0.3 is 5.11 Å². The third-order valence-electron chi connectivity index (χ3n) is 1.70. The number of rotatable bonds is 3. The lowest BCUT2D eigenvalue weighted by atomic mass is 10.1. The summed E-state index contributed by atoms with van der Waals surface area (Å²) in [6, 6.07) is 0. The molecule has 0 fully saturated rings. The second-order valence-corrected chi connectivity index (χ2v) is 2.37. The van der Waals surface area contributed by atoms with Crippen LogP contribution in [0, 0.1) is 0 Å². The van der Waals surface area contributed by atoms with Gasteiger partial charge >= 0.3 is 0 Å². The molecule has 0 saturated heterocycles. The number of allylic oxidation sites excluding steroid dienone is 2. The van der Waals surface area contributed by atoms with E-state index in [1.165, 1.54) is 0 Å². The van der Waals surface area contributed by atoms with Crippen molar-refractivity contribution in [2.24, 2.45) is 0 Å². The first-order valence-electron chi connectivity index (χ1n) is 3.79. The van der Waals surface area contributed by atoms with Crippen molar-refractivity contribution in [3.8, 4) is 0 Å². The smallest absolute Gasteiger partial charge is 0.105 e. The largest absolute Gasteiger partial charge is 0.392 e. The summed E-state index contributed by atoms with van der Waals surface area (Å²) in [5, 5.41) is 8.79. The predicted octanol–water partition coefficient (Wildman–Crippen LogP) is 2.58. The zero-order chi connectivity index (χ0) is 8.85. The fourth-order valence-electron chi connectivity index (χ4n) is 0.812. The van der Waals surface area contributed by atoms with Crippen LogP contribution in [0.25, 0.3) is 0 Å². The molecule has 11 heavy (non-hydrogen) atoms. The number of hydrogen-bond acceptors (Lipinski definition) is 1. The maximum atomic E-state index is 12.9. The van der Waals surface area contributed by atoms with Crippen molar-refractivity contribution in [3.63, 3.8) is 0 Å². The lowest BCUT2D eigenvalue weighted by Gasteiger charge is -2.04. The minimum atomic E-state index is -0.219. The average Bonchev–Trinajstić information content (AvgIpc) is 2.05. The molecule has 64 valence electrons. The van der Waals surface area contributed by atoms with Crippen molar-refractivity contribution in [2.75, 3.05) is 6.61 Å². The molecule has 1 N–H and O–H groups in total. The van der Waals surface area contributed by atoms with Crippen LogP contribution < -0.4 is 0 Å². The third-order valence-corrected chi connectivity index (χ3v) is 1.70. The van der Waals surface area contributed by atoms with Crippen LogP contribution in [0.3, 0.4) is 0 Å². The first kappa shape index (κ1) is 10.4. The van der Waals surface area contributed by atoms with Gasteiger partial charge in [0.05, 0.1) is 6.61 Å². The van der Waals surface area contributed by atoms with Gasteiger partial charge in [-0.05, 0) is 25.8 Å². The summed E-state index contributed by atoms with van der Waals surface area (Å²) in [6.45, 7) is 5.14. The van der Waals surface area contributed by atoms with Gasteiger partial charge in [0, 0.05) is 5.57 Å². The van der Waals surface area contributed by atoms with E-state index in [2.05, 4.69) is 0 Å². The molecule has 0 spiro atoms. The van der Waals surface area contributed by atoms with Crippen LogP contribution in [0.4, 0.5) is 4.39 Å². The summed E-state index contributed by atoms with van der Waals surface area (Å²) in [7, 11) is 0. The SMILES string of the molecule is C/C=C(C)\C(CO)=C(\F)CC. The maximum Gasteiger partial charge on any atom is 0.105 e. The van der Waals surface area contributed by atoms with Crippen molar-refractivity contribution >= 4 is 0 Å². The third kappa shape index (κ3) is 2.85. The highest BCUT2D eigenvalue weighted by atomic mass is 19.1. The summed E-state index contributed by atoms with van der Waals surface area (Å²) < 4.78 is 12.9. The molecular formula is C9H15FO. The fraction of sp³-hybridized carbons (Fsp3) is 0.556. The molecule has 0 unspecified atom stereocenters. The lowest BCUT2D eigenvalue weighted by Crippen LogP contribution is -1.95. The Morgan fingerprint density at radius 1 is 1.55 bits per heavy atom. The zero-order valence-electron chi connectivity index (χ0n) is 7.32. The maximum absolute atomic E-state index is 12.9. The Balaban J connectivity index is 4.65. The molecule has 0 bridgehead atoms. The number of aliphatic hydroxyl groups excluding tert-OH is 1. The van der Waals surface area contributed by atoms with E-state index in [0.717, 1.165) is 5.57 Å². The highest BCUT2D eigenvalue weighted by molar-refractivity contribution is 5.31. The van der Waals surface area contributed by atoms with Crippen LogP contribution in [0.15, 0.2) is 23.0 Å². The molecule has 0 amide bonds. The molecule has 0 heterocycles. The van der Waals surface area contributed by atoms with Gasteiger partial charge in [-0.15, -0.1) is 0 Å². The Labute approximate surface area is 67.2 Å². The van der Waals surface area contributed by atoms with Crippen molar-refractivity contribution < 1.29 is 9.50 Å². The molecule has 2 heteroatoms. The second-order valence-electron chi connectivity index (χ2n) is 2.37. The van der Waals surface area contributed by atoms with Gasteiger partial charge in [-0.3, -0.25) is 0 Å². The van der Waals surface area contributed by atoms with E-state index in [9.17, 15) is 4.39 Å². The van der Waals surface area contributed by atoms with Gasteiger partial charge in [-0.2, -0.15) is 0 Å². The van der Waals surface area contributed by atoms with Crippen LogP contribution in [-0.2, 0) is 0 Å². The quantitative estimate of drug-likeness (QED) is 0.626. The van der Waals surface area contributed by atoms with E-state index < -0.39 is 0 Å². The van der Waals surface area contributed by atoms with E-state index in [4.69, 9.17) is 5.11 Å². The molecule has 0 saturated carbocycles. The van der Waals surface area contributed by atoms with E-state index in [-0.39, 0.29) is 12.4 Å². The summed E-state index contributed by atoms with van der Waals surface area (Å²) in [6.07, 6.45) is 2.14. The standard InChI is InChI=1S/C9H15FO/c1-4-7(3)8(6-11)9(10)5-2/h4,11H,5-6H2,1-3H3/b7-4-,9-8+. The minimum Gasteiger partial charge on any atom is -0.392 e. The van der Waals surface area contributed by atoms with E-state index in [0.29, 0.717) is 12.0 Å². The van der Waals surface area contributed by atoms with Gasteiger partial charge in [-0.1, -0.05) is 13.0 Å². The average molecular weight is 158 g/mol. The second kappa shape index (κ2) is 5.08. The number of aliphatic hydroxyl groups is 1. The summed E-state index contributed by atoms with van der Waals surface area (Å²) in [4.78, 5) is 0. The van der Waals surface area contributed by atoms with Gasteiger partial charge in [0.2, 0.25) is 0 Å². The predicted molar refractivity (Wildman–Crippen MR) is 44.9 cm³/mol. The van der Waals surface area contributed by atoms with Crippen LogP contribution in [-0.4, -0.2) is 11.7 Å². The topological polar surface area (TPSA) is 20.2 Å². The van der Waals surface area contributed by atoms with Crippen molar-refractivity contribution in [1.29, 1.82) is 0 Å². The summed E-state index contributed by atoms with van der Waals surface area (Å²) in [5.74, 6) is -0.219. The molecule has 0 aromatic rings. The van der Waals surface area contributed by atoms with Gasteiger partial charge in [-0.25, -0.2) is 4.39 Å². The molecule has 0 aromatic heterocycles. The van der Waals surface area contributed by atoms with E-state index in [1.807, 2.05) is 6.92 Å². The first-order chi connectivity index (χ1) is 5.17. The molecular weight excluding hydrogens is 143 g/mol. The van der Waals surface area contributed by atoms with E-state index >= 15 is 0 Å². The molecule has 0 aliphatic carbocycles. The van der Waals surface area contributed by atoms with Crippen LogP contribution >= 0.6 is 0 Å². The van der Waals surface area contributed by atoms with Crippen LogP contribution in [0.1, 0.15) is 27.2 Å². The Morgan fingerprint density at radius 2 is 2.09 bits per heavy atom. The van der Waals surface area contributed by atoms with Crippen molar-refractivity contribution in [2.45, 2.75) is 27.2 Å². The Morgan fingerprint density at radius 3 is 2.36 bits per heavy atom. The van der Waals surface area contributed by atoms with Crippen LogP contribution in [0.2, 0.25) is 0 Å². The van der Waals surface area contributed by atoms with Gasteiger partial charge in [0.15, 0.2) is 0 Å². The van der Waals surface area contributed by atoms with Crippen LogP contribution in [0.5, 0.6) is 0 Å². The Hall–Kier alpha value is -0.630. The minimum absolute atomic E-state index is 0.212. The molecule has 0 rings (SSSR count). The highest BCUT2D eigenvalue weighted by Crippen LogP contribution is 2.17. The molecule has 0 radical (unpaired) electrons. The highest BCUT2D eigenvalue weighted by Gasteiger charge is 2.04.